The number of ether oxygens (including phenoxy) is 1. The average Bonchev–Trinajstić information content (AvgIpc) is 2.79. The highest BCUT2D eigenvalue weighted by atomic mass is 19.1. The molecule has 0 saturated heterocycles. The van der Waals surface area contributed by atoms with Crippen LogP contribution in [0, 0.1) is 32.1 Å². The molecule has 174 valence electrons. The van der Waals surface area contributed by atoms with Gasteiger partial charge in [0.1, 0.15) is 11.6 Å². The van der Waals surface area contributed by atoms with Crippen molar-refractivity contribution >= 4 is 23.0 Å². The molecule has 0 radical (unpaired) electrons. The van der Waals surface area contributed by atoms with Gasteiger partial charge in [-0.25, -0.2) is 18.4 Å². The summed E-state index contributed by atoms with van der Waals surface area (Å²) in [5, 5.41) is 0. The number of carbonyl (C=O) groups is 1. The SMILES string of the molecule is C.C=C=C=C=C=C=C=C=C.COC(=O)c1cc(C)c(F)cc1N.[C-]#[N+]c1cc(C)c(F)cc1N. The third-order valence-corrected chi connectivity index (χ3v) is 3.59. The highest BCUT2D eigenvalue weighted by molar-refractivity contribution is 5.95. The van der Waals surface area contributed by atoms with Gasteiger partial charge >= 0.3 is 5.97 Å². The normalized spacial score (nSPS) is 7.65. The van der Waals surface area contributed by atoms with Crippen molar-refractivity contribution in [2.24, 2.45) is 0 Å². The van der Waals surface area contributed by atoms with Gasteiger partial charge in [-0.2, -0.15) is 0 Å². The van der Waals surface area contributed by atoms with Gasteiger partial charge in [0.05, 0.1) is 19.2 Å². The van der Waals surface area contributed by atoms with Crippen molar-refractivity contribution in [3.8, 4) is 0 Å². The molecule has 2 aromatic carbocycles. The first-order valence-electron chi connectivity index (χ1n) is 8.99. The van der Waals surface area contributed by atoms with Crippen LogP contribution in [0.3, 0.4) is 0 Å². The van der Waals surface area contributed by atoms with Crippen LogP contribution in [0.2, 0.25) is 0 Å². The molecular weight excluding hydrogens is 436 g/mol. The minimum Gasteiger partial charge on any atom is -0.465 e. The first kappa shape index (κ1) is 31.2. The Balaban J connectivity index is 0. The zero-order valence-electron chi connectivity index (χ0n) is 18.4. The van der Waals surface area contributed by atoms with E-state index < -0.39 is 11.8 Å². The van der Waals surface area contributed by atoms with Crippen LogP contribution in [-0.4, -0.2) is 13.1 Å². The zero-order valence-corrected chi connectivity index (χ0v) is 18.4. The second-order valence-electron chi connectivity index (χ2n) is 5.93. The number of aryl methyl sites for hydroxylation is 2. The molecule has 0 fully saturated rings. The minimum atomic E-state index is -0.555. The van der Waals surface area contributed by atoms with Crippen molar-refractivity contribution in [3.05, 3.63) is 117 Å². The summed E-state index contributed by atoms with van der Waals surface area (Å²) < 4.78 is 30.1. The van der Waals surface area contributed by atoms with Crippen molar-refractivity contribution in [1.29, 1.82) is 0 Å². The maximum absolute atomic E-state index is 12.9. The summed E-state index contributed by atoms with van der Waals surface area (Å²) in [6.45, 7) is 16.4. The van der Waals surface area contributed by atoms with Gasteiger partial charge in [0, 0.05) is 11.4 Å². The predicted molar refractivity (Wildman–Crippen MR) is 131 cm³/mol. The molecule has 0 bridgehead atoms. The number of anilines is 2. The molecule has 2 aromatic rings. The smallest absolute Gasteiger partial charge is 0.339 e. The fraction of sp³-hybridized carbons (Fsp3) is 0.148. The Morgan fingerprint density at radius 2 is 1.35 bits per heavy atom. The second kappa shape index (κ2) is 16.7. The van der Waals surface area contributed by atoms with Crippen molar-refractivity contribution in [2.45, 2.75) is 21.3 Å². The maximum atomic E-state index is 12.9. The molecule has 7 heteroatoms. The summed E-state index contributed by atoms with van der Waals surface area (Å²) in [6.07, 6.45) is 0. The monoisotopic (exact) mass is 461 g/mol. The van der Waals surface area contributed by atoms with E-state index in [2.05, 4.69) is 62.9 Å². The molecule has 0 spiro atoms. The quantitative estimate of drug-likeness (QED) is 0.226. The van der Waals surface area contributed by atoms with E-state index in [1.807, 2.05) is 0 Å². The van der Waals surface area contributed by atoms with Crippen LogP contribution < -0.4 is 11.5 Å². The van der Waals surface area contributed by atoms with Crippen LogP contribution >= 0.6 is 0 Å². The van der Waals surface area contributed by atoms with Gasteiger partial charge in [0.25, 0.3) is 0 Å². The minimum absolute atomic E-state index is 0. The van der Waals surface area contributed by atoms with Crippen LogP contribution in [0.25, 0.3) is 4.85 Å². The highest BCUT2D eigenvalue weighted by Crippen LogP contribution is 2.24. The molecule has 0 aliphatic carbocycles. The molecule has 2 rings (SSSR count). The molecule has 0 saturated carbocycles. The Kier molecular flexibility index (Phi) is 15.4. The molecule has 5 nitrogen and oxygen atoms in total. The number of hydrogen-bond acceptors (Lipinski definition) is 4. The Bertz CT molecular complexity index is 1300. The number of esters is 1. The average molecular weight is 462 g/mol. The number of nitrogen functional groups attached to an aromatic ring is 2. The Morgan fingerprint density at radius 3 is 1.79 bits per heavy atom. The maximum Gasteiger partial charge on any atom is 0.339 e. The van der Waals surface area contributed by atoms with Crippen molar-refractivity contribution in [1.82, 2.24) is 0 Å². The summed E-state index contributed by atoms with van der Waals surface area (Å²) >= 11 is 0. The van der Waals surface area contributed by atoms with E-state index in [1.54, 1.807) is 13.8 Å². The molecule has 0 amide bonds. The topological polar surface area (TPSA) is 82.7 Å². The van der Waals surface area contributed by atoms with Gasteiger partial charge in [-0.1, -0.05) is 18.9 Å². The van der Waals surface area contributed by atoms with Gasteiger partial charge in [0.15, 0.2) is 0 Å². The molecule has 0 aliphatic heterocycles. The number of benzene rings is 2. The first-order chi connectivity index (χ1) is 15.6. The Hall–Kier alpha value is -4.94. The van der Waals surface area contributed by atoms with Gasteiger partial charge in [0.2, 0.25) is 5.69 Å². The molecule has 0 aromatic heterocycles. The van der Waals surface area contributed by atoms with E-state index >= 15 is 0 Å². The van der Waals surface area contributed by atoms with E-state index in [4.69, 9.17) is 18.0 Å². The van der Waals surface area contributed by atoms with Crippen molar-refractivity contribution in [2.75, 3.05) is 18.6 Å². The Labute approximate surface area is 198 Å². The molecular formula is C27H25F2N3O2. The van der Waals surface area contributed by atoms with Crippen LogP contribution in [0.5, 0.6) is 0 Å². The summed E-state index contributed by atoms with van der Waals surface area (Å²) in [5.41, 5.74) is 29.4. The first-order valence-corrected chi connectivity index (χ1v) is 8.99. The number of halogens is 2. The summed E-state index contributed by atoms with van der Waals surface area (Å²) in [6, 6.07) is 5.10. The molecule has 0 aliphatic rings. The lowest BCUT2D eigenvalue weighted by Gasteiger charge is -2.05. The van der Waals surface area contributed by atoms with E-state index in [0.717, 1.165) is 6.07 Å². The van der Waals surface area contributed by atoms with Crippen LogP contribution in [0.15, 0.2) is 77.5 Å². The summed E-state index contributed by atoms with van der Waals surface area (Å²) in [5.74, 6) is -1.35. The van der Waals surface area contributed by atoms with E-state index in [0.29, 0.717) is 16.8 Å². The van der Waals surface area contributed by atoms with E-state index in [-0.39, 0.29) is 30.2 Å². The molecule has 34 heavy (non-hydrogen) atoms. The highest BCUT2D eigenvalue weighted by Gasteiger charge is 2.12. The Morgan fingerprint density at radius 1 is 0.912 bits per heavy atom. The third-order valence-electron chi connectivity index (χ3n) is 3.59. The predicted octanol–water partition coefficient (Wildman–Crippen LogP) is 6.29. The lowest BCUT2D eigenvalue weighted by Crippen LogP contribution is -2.06. The fourth-order valence-electron chi connectivity index (χ4n) is 1.94. The second-order valence-corrected chi connectivity index (χ2v) is 5.93. The molecule has 0 heterocycles. The number of methoxy groups -OCH3 is 1. The van der Waals surface area contributed by atoms with E-state index in [9.17, 15) is 13.6 Å². The molecule has 0 atom stereocenters. The van der Waals surface area contributed by atoms with Gasteiger partial charge in [-0.15, -0.1) is 0 Å². The van der Waals surface area contributed by atoms with Crippen molar-refractivity contribution in [3.63, 3.8) is 0 Å². The van der Waals surface area contributed by atoms with Crippen molar-refractivity contribution < 1.29 is 18.3 Å². The summed E-state index contributed by atoms with van der Waals surface area (Å²) in [4.78, 5) is 14.2. The third kappa shape index (κ3) is 10.9. The van der Waals surface area contributed by atoms with Crippen LogP contribution in [0.4, 0.5) is 25.8 Å². The molecule has 4 N–H and O–H groups in total. The molecule has 0 unspecified atom stereocenters. The number of nitrogens with zero attached hydrogens (tertiary/aromatic N) is 1. The lowest BCUT2D eigenvalue weighted by molar-refractivity contribution is 0.0602. The number of carbonyl (C=O) groups excluding carboxylic acids is 1. The van der Waals surface area contributed by atoms with E-state index in [1.165, 1.54) is 25.3 Å². The van der Waals surface area contributed by atoms with Crippen LogP contribution in [0.1, 0.15) is 28.9 Å². The van der Waals surface area contributed by atoms with Gasteiger partial charge in [-0.05, 0) is 91.1 Å². The van der Waals surface area contributed by atoms with Gasteiger partial charge in [-0.3, -0.25) is 0 Å². The number of hydrogen-bond donors (Lipinski definition) is 2. The van der Waals surface area contributed by atoms with Crippen LogP contribution in [-0.2, 0) is 4.74 Å². The number of nitrogens with two attached hydrogens (primary N) is 2. The lowest BCUT2D eigenvalue weighted by atomic mass is 10.1. The van der Waals surface area contributed by atoms with Gasteiger partial charge < -0.3 is 16.2 Å². The summed E-state index contributed by atoms with van der Waals surface area (Å²) in [7, 11) is 1.25. The standard InChI is InChI=1S/C9H10FNO2.C9H4.C8H7FN2.CH4/c1-5-3-6(9(12)13-2)8(11)4-7(5)10;1-3-5-7-9-8-6-4-2;1-5-3-8(11-2)7(10)4-6(5)9;/h3-4H,11H2,1-2H3;1-2H2;3-4H,10H2,1H3;1H4. The fourth-order valence-corrected chi connectivity index (χ4v) is 1.94. The number of rotatable bonds is 1. The zero-order chi connectivity index (χ0) is 25.4. The largest absolute Gasteiger partial charge is 0.465 e.